The van der Waals surface area contributed by atoms with E-state index in [-0.39, 0.29) is 17.9 Å². The van der Waals surface area contributed by atoms with Gasteiger partial charge in [0.05, 0.1) is 24.5 Å². The molecule has 1 N–H and O–H groups in total. The van der Waals surface area contributed by atoms with E-state index in [0.717, 1.165) is 72.9 Å². The van der Waals surface area contributed by atoms with Crippen LogP contribution in [0.4, 0.5) is 5.69 Å². The van der Waals surface area contributed by atoms with Gasteiger partial charge in [0.15, 0.2) is 0 Å². The SMILES string of the molecule is CCC.CCC=Nc1ccc(OCCN2CCC(C(=O)NC(c3cccc(OC)c3)c3ccccn3)CC2)cc1C. The molecule has 0 spiro atoms. The number of methoxy groups -OCH3 is 1. The maximum atomic E-state index is 13.3. The number of carbonyl (C=O) groups excluding carboxylic acids is 1. The normalized spacial score (nSPS) is 14.7. The first kappa shape index (κ1) is 31.8. The molecule has 0 aliphatic carbocycles. The van der Waals surface area contributed by atoms with Crippen LogP contribution in [0.15, 0.2) is 71.9 Å². The number of ether oxygens (including phenoxy) is 2. The summed E-state index contributed by atoms with van der Waals surface area (Å²) >= 11 is 0. The lowest BCUT2D eigenvalue weighted by Crippen LogP contribution is -2.42. The summed E-state index contributed by atoms with van der Waals surface area (Å²) < 4.78 is 11.4. The zero-order valence-corrected chi connectivity index (χ0v) is 25.3. The molecule has 1 fully saturated rings. The Labute approximate surface area is 246 Å². The van der Waals surface area contributed by atoms with Crippen molar-refractivity contribution in [2.45, 2.75) is 59.4 Å². The van der Waals surface area contributed by atoms with Crippen molar-refractivity contribution in [1.29, 1.82) is 0 Å². The number of amides is 1. The summed E-state index contributed by atoms with van der Waals surface area (Å²) in [6, 6.07) is 19.3. The van der Waals surface area contributed by atoms with Gasteiger partial charge in [-0.25, -0.2) is 0 Å². The highest BCUT2D eigenvalue weighted by Gasteiger charge is 2.28. The third-order valence-electron chi connectivity index (χ3n) is 6.91. The van der Waals surface area contributed by atoms with E-state index in [4.69, 9.17) is 9.47 Å². The van der Waals surface area contributed by atoms with Crippen LogP contribution in [0.25, 0.3) is 0 Å². The molecule has 41 heavy (non-hydrogen) atoms. The minimum absolute atomic E-state index is 0.0251. The van der Waals surface area contributed by atoms with Crippen LogP contribution in [-0.2, 0) is 4.79 Å². The molecule has 7 nitrogen and oxygen atoms in total. The third-order valence-corrected chi connectivity index (χ3v) is 6.91. The number of hydrogen-bond acceptors (Lipinski definition) is 6. The molecule has 1 aliphatic heterocycles. The van der Waals surface area contributed by atoms with Crippen LogP contribution in [0, 0.1) is 12.8 Å². The van der Waals surface area contributed by atoms with Gasteiger partial charge in [0.1, 0.15) is 18.1 Å². The van der Waals surface area contributed by atoms with Gasteiger partial charge in [0.25, 0.3) is 0 Å². The topological polar surface area (TPSA) is 76.0 Å². The second kappa shape index (κ2) is 17.2. The predicted octanol–water partition coefficient (Wildman–Crippen LogP) is 6.92. The maximum Gasteiger partial charge on any atom is 0.224 e. The van der Waals surface area contributed by atoms with Crippen LogP contribution in [0.5, 0.6) is 11.5 Å². The average Bonchev–Trinajstić information content (AvgIpc) is 3.00. The molecule has 0 saturated carbocycles. The number of carbonyl (C=O) groups is 1. The molecule has 0 radical (unpaired) electrons. The average molecular weight is 559 g/mol. The van der Waals surface area contributed by atoms with Crippen molar-refractivity contribution in [2.24, 2.45) is 10.9 Å². The lowest BCUT2D eigenvalue weighted by Gasteiger charge is -2.32. The Hall–Kier alpha value is -3.71. The minimum atomic E-state index is -0.326. The van der Waals surface area contributed by atoms with Crippen molar-refractivity contribution in [3.8, 4) is 11.5 Å². The zero-order chi connectivity index (χ0) is 29.5. The van der Waals surface area contributed by atoms with Gasteiger partial charge in [-0.05, 0) is 92.9 Å². The Balaban J connectivity index is 0.00000147. The first-order valence-electron chi connectivity index (χ1n) is 14.8. The molecule has 220 valence electrons. The van der Waals surface area contributed by atoms with Crippen molar-refractivity contribution >= 4 is 17.8 Å². The highest BCUT2D eigenvalue weighted by Crippen LogP contribution is 2.27. The number of hydrogen-bond donors (Lipinski definition) is 1. The molecule has 4 rings (SSSR count). The van der Waals surface area contributed by atoms with Gasteiger partial charge in [-0.2, -0.15) is 0 Å². The fourth-order valence-corrected chi connectivity index (χ4v) is 4.72. The largest absolute Gasteiger partial charge is 0.497 e. The van der Waals surface area contributed by atoms with Crippen molar-refractivity contribution in [3.05, 3.63) is 83.7 Å². The number of aliphatic imine (C=N–C) groups is 1. The molecule has 1 amide bonds. The van der Waals surface area contributed by atoms with Crippen LogP contribution < -0.4 is 14.8 Å². The van der Waals surface area contributed by atoms with Crippen LogP contribution in [-0.4, -0.2) is 55.4 Å². The number of nitrogens with zero attached hydrogens (tertiary/aromatic N) is 3. The number of benzene rings is 2. The van der Waals surface area contributed by atoms with E-state index in [2.05, 4.69) is 47.9 Å². The molecule has 1 saturated heterocycles. The van der Waals surface area contributed by atoms with Crippen LogP contribution in [0.1, 0.15) is 69.3 Å². The minimum Gasteiger partial charge on any atom is -0.497 e. The smallest absolute Gasteiger partial charge is 0.224 e. The number of aromatic nitrogens is 1. The highest BCUT2D eigenvalue weighted by molar-refractivity contribution is 5.79. The van der Waals surface area contributed by atoms with E-state index in [0.29, 0.717) is 6.61 Å². The van der Waals surface area contributed by atoms with Gasteiger partial charge < -0.3 is 14.8 Å². The Bertz CT molecular complexity index is 1220. The second-order valence-electron chi connectivity index (χ2n) is 10.3. The second-order valence-corrected chi connectivity index (χ2v) is 10.3. The Kier molecular flexibility index (Phi) is 13.3. The summed E-state index contributed by atoms with van der Waals surface area (Å²) in [6.45, 7) is 11.6. The monoisotopic (exact) mass is 558 g/mol. The zero-order valence-electron chi connectivity index (χ0n) is 25.3. The van der Waals surface area contributed by atoms with E-state index in [1.807, 2.05) is 66.9 Å². The fraction of sp³-hybridized carbons (Fsp3) is 0.441. The summed E-state index contributed by atoms with van der Waals surface area (Å²) in [6.07, 6.45) is 7.49. The molecule has 1 atom stereocenters. The number of pyridine rings is 1. The van der Waals surface area contributed by atoms with Gasteiger partial charge in [-0.15, -0.1) is 0 Å². The number of nitrogens with one attached hydrogen (secondary N) is 1. The maximum absolute atomic E-state index is 13.3. The van der Waals surface area contributed by atoms with Gasteiger partial charge in [-0.3, -0.25) is 19.7 Å². The van der Waals surface area contributed by atoms with Gasteiger partial charge >= 0.3 is 0 Å². The van der Waals surface area contributed by atoms with Crippen molar-refractivity contribution < 1.29 is 14.3 Å². The van der Waals surface area contributed by atoms with Crippen LogP contribution >= 0.6 is 0 Å². The molecular formula is C34H46N4O3. The van der Waals surface area contributed by atoms with Crippen molar-refractivity contribution in [1.82, 2.24) is 15.2 Å². The van der Waals surface area contributed by atoms with E-state index >= 15 is 0 Å². The summed E-state index contributed by atoms with van der Waals surface area (Å²) in [5.41, 5.74) is 3.85. The third kappa shape index (κ3) is 10.0. The molecular weight excluding hydrogens is 512 g/mol. The summed E-state index contributed by atoms with van der Waals surface area (Å²) in [5.74, 6) is 1.66. The van der Waals surface area contributed by atoms with E-state index < -0.39 is 0 Å². The number of aryl methyl sites for hydroxylation is 1. The lowest BCUT2D eigenvalue weighted by molar-refractivity contribution is -0.127. The molecule has 3 aromatic rings. The number of piperidine rings is 1. The highest BCUT2D eigenvalue weighted by atomic mass is 16.5. The quantitative estimate of drug-likeness (QED) is 0.259. The number of likely N-dealkylation sites (tertiary alicyclic amines) is 1. The van der Waals surface area contributed by atoms with E-state index in [1.165, 1.54) is 6.42 Å². The van der Waals surface area contributed by atoms with Crippen molar-refractivity contribution in [2.75, 3.05) is 33.4 Å². The molecule has 1 aromatic heterocycles. The standard InChI is InChI=1S/C31H38N4O3.C3H8/c1-4-15-32-28-12-11-27(21-23(28)2)38-20-19-35-17-13-24(14-18-35)31(36)34-30(29-10-5-6-16-33-29)25-8-7-9-26(22-25)37-3;1-3-2/h5-12,15-16,21-22,24,30H,4,13-14,17-20H2,1-3H3,(H,34,36);3H2,1-2H3. The van der Waals surface area contributed by atoms with Crippen LogP contribution in [0.2, 0.25) is 0 Å². The summed E-state index contributed by atoms with van der Waals surface area (Å²) in [4.78, 5) is 24.7. The Morgan fingerprint density at radius 3 is 2.51 bits per heavy atom. The number of rotatable bonds is 11. The fourth-order valence-electron chi connectivity index (χ4n) is 4.72. The van der Waals surface area contributed by atoms with E-state index in [9.17, 15) is 4.79 Å². The molecule has 1 unspecified atom stereocenters. The molecule has 2 aromatic carbocycles. The predicted molar refractivity (Wildman–Crippen MR) is 167 cm³/mol. The first-order chi connectivity index (χ1) is 20.0. The Morgan fingerprint density at radius 2 is 1.85 bits per heavy atom. The first-order valence-corrected chi connectivity index (χ1v) is 14.8. The van der Waals surface area contributed by atoms with Crippen LogP contribution in [0.3, 0.4) is 0 Å². The summed E-state index contributed by atoms with van der Waals surface area (Å²) in [5, 5.41) is 3.26. The van der Waals surface area contributed by atoms with Gasteiger partial charge in [0, 0.05) is 24.9 Å². The molecule has 2 heterocycles. The molecule has 0 bridgehead atoms. The Morgan fingerprint density at radius 1 is 1.07 bits per heavy atom. The lowest BCUT2D eigenvalue weighted by atomic mass is 9.94. The summed E-state index contributed by atoms with van der Waals surface area (Å²) in [7, 11) is 1.65. The molecule has 1 aliphatic rings. The van der Waals surface area contributed by atoms with Gasteiger partial charge in [0.2, 0.25) is 5.91 Å². The van der Waals surface area contributed by atoms with Crippen molar-refractivity contribution in [3.63, 3.8) is 0 Å². The van der Waals surface area contributed by atoms with Gasteiger partial charge in [-0.1, -0.05) is 45.4 Å². The molecule has 7 heteroatoms. The van der Waals surface area contributed by atoms with E-state index in [1.54, 1.807) is 13.3 Å².